The highest BCUT2D eigenvalue weighted by Gasteiger charge is 2.32. The van der Waals surface area contributed by atoms with Crippen LogP contribution in [0.15, 0.2) is 24.4 Å². The Morgan fingerprint density at radius 2 is 2.42 bits per heavy atom. The number of nitrogens with one attached hydrogen (secondary N) is 2. The number of nitrogens with two attached hydrogens (primary N) is 1. The molecule has 4 N–H and O–H groups in total. The molecular formula is C8H13N3O. The number of hydrogen-bond acceptors (Lipinski definition) is 3. The first kappa shape index (κ1) is 8.80. The van der Waals surface area contributed by atoms with Gasteiger partial charge in [-0.1, -0.05) is 6.08 Å². The number of dihydropyridines is 1. The van der Waals surface area contributed by atoms with Crippen molar-refractivity contribution >= 4 is 5.91 Å². The smallest absolute Gasteiger partial charge is 0.248 e. The van der Waals surface area contributed by atoms with Crippen molar-refractivity contribution in [2.24, 2.45) is 5.73 Å². The number of amides is 1. The van der Waals surface area contributed by atoms with Crippen LogP contribution in [0.4, 0.5) is 0 Å². The van der Waals surface area contributed by atoms with E-state index in [4.69, 9.17) is 5.73 Å². The Labute approximate surface area is 71.5 Å². The van der Waals surface area contributed by atoms with Crippen LogP contribution >= 0.6 is 0 Å². The summed E-state index contributed by atoms with van der Waals surface area (Å²) in [6, 6.07) is 0. The van der Waals surface area contributed by atoms with E-state index in [1.165, 1.54) is 0 Å². The van der Waals surface area contributed by atoms with E-state index in [0.29, 0.717) is 6.54 Å². The van der Waals surface area contributed by atoms with Gasteiger partial charge in [0.25, 0.3) is 0 Å². The lowest BCUT2D eigenvalue weighted by Gasteiger charge is -2.29. The Balaban J connectivity index is 2.80. The summed E-state index contributed by atoms with van der Waals surface area (Å²) in [5.74, 6) is -0.377. The van der Waals surface area contributed by atoms with Gasteiger partial charge in [0.1, 0.15) is 5.54 Å². The Hall–Kier alpha value is -1.29. The number of primary amides is 1. The highest BCUT2D eigenvalue weighted by atomic mass is 16.1. The Morgan fingerprint density at radius 3 is 2.83 bits per heavy atom. The van der Waals surface area contributed by atoms with Crippen LogP contribution in [-0.4, -0.2) is 25.0 Å². The lowest BCUT2D eigenvalue weighted by Crippen LogP contribution is -2.58. The molecule has 12 heavy (non-hydrogen) atoms. The number of rotatable bonds is 3. The number of carbonyl (C=O) groups excluding carboxylic acids is 1. The minimum absolute atomic E-state index is 0.377. The maximum atomic E-state index is 11.1. The highest BCUT2D eigenvalue weighted by molar-refractivity contribution is 5.88. The van der Waals surface area contributed by atoms with Gasteiger partial charge in [-0.3, -0.25) is 4.79 Å². The first-order valence-corrected chi connectivity index (χ1v) is 3.78. The lowest BCUT2D eigenvalue weighted by molar-refractivity contribution is -0.122. The third kappa shape index (κ3) is 1.48. The van der Waals surface area contributed by atoms with Crippen molar-refractivity contribution in [1.82, 2.24) is 10.6 Å². The third-order valence-corrected chi connectivity index (χ3v) is 1.82. The fourth-order valence-corrected chi connectivity index (χ4v) is 1.15. The summed E-state index contributed by atoms with van der Waals surface area (Å²) in [4.78, 5) is 11.1. The van der Waals surface area contributed by atoms with Crippen LogP contribution in [0, 0.1) is 0 Å². The second kappa shape index (κ2) is 3.40. The van der Waals surface area contributed by atoms with Crippen LogP contribution in [-0.2, 0) is 4.79 Å². The van der Waals surface area contributed by atoms with E-state index in [1.54, 1.807) is 25.4 Å². The molecule has 0 aromatic rings. The van der Waals surface area contributed by atoms with Gasteiger partial charge >= 0.3 is 0 Å². The molecule has 1 aliphatic rings. The summed E-state index contributed by atoms with van der Waals surface area (Å²) >= 11 is 0. The predicted molar refractivity (Wildman–Crippen MR) is 47.3 cm³/mol. The maximum absolute atomic E-state index is 11.1. The zero-order chi connectivity index (χ0) is 9.03. The monoisotopic (exact) mass is 167 g/mol. The summed E-state index contributed by atoms with van der Waals surface area (Å²) in [7, 11) is 1.78. The van der Waals surface area contributed by atoms with Crippen molar-refractivity contribution in [3.05, 3.63) is 24.4 Å². The topological polar surface area (TPSA) is 67.1 Å². The molecule has 0 aliphatic carbocycles. The fraction of sp³-hybridized carbons (Fsp3) is 0.375. The van der Waals surface area contributed by atoms with E-state index in [2.05, 4.69) is 10.6 Å². The quantitative estimate of drug-likeness (QED) is 0.510. The standard InChI is InChI=1S/C8H13N3O/c1-10-6-8(7(9)12)4-2-3-5-11-8/h2-5,10-11H,6H2,1H3,(H2,9,12). The zero-order valence-electron chi connectivity index (χ0n) is 7.00. The van der Waals surface area contributed by atoms with E-state index in [1.807, 2.05) is 6.08 Å². The van der Waals surface area contributed by atoms with Gasteiger partial charge in [0, 0.05) is 6.54 Å². The van der Waals surface area contributed by atoms with Gasteiger partial charge in [0.15, 0.2) is 0 Å². The number of allylic oxidation sites excluding steroid dienone is 2. The van der Waals surface area contributed by atoms with Crippen molar-refractivity contribution in [2.75, 3.05) is 13.6 Å². The van der Waals surface area contributed by atoms with Crippen LogP contribution in [0.2, 0.25) is 0 Å². The highest BCUT2D eigenvalue weighted by Crippen LogP contribution is 2.08. The molecule has 0 aromatic heterocycles. The van der Waals surface area contributed by atoms with Crippen molar-refractivity contribution in [3.8, 4) is 0 Å². The normalized spacial score (nSPS) is 26.8. The van der Waals surface area contributed by atoms with Gasteiger partial charge in [-0.15, -0.1) is 0 Å². The fourth-order valence-electron chi connectivity index (χ4n) is 1.15. The zero-order valence-corrected chi connectivity index (χ0v) is 7.00. The van der Waals surface area contributed by atoms with Crippen LogP contribution in [0.25, 0.3) is 0 Å². The Morgan fingerprint density at radius 1 is 1.67 bits per heavy atom. The first-order chi connectivity index (χ1) is 5.71. The van der Waals surface area contributed by atoms with Crippen LogP contribution in [0.1, 0.15) is 0 Å². The van der Waals surface area contributed by atoms with Gasteiger partial charge in [0.05, 0.1) is 0 Å². The molecule has 66 valence electrons. The van der Waals surface area contributed by atoms with Gasteiger partial charge in [-0.2, -0.15) is 0 Å². The summed E-state index contributed by atoms with van der Waals surface area (Å²) in [6.45, 7) is 0.489. The predicted octanol–water partition coefficient (Wildman–Crippen LogP) is -0.897. The van der Waals surface area contributed by atoms with E-state index < -0.39 is 5.54 Å². The van der Waals surface area contributed by atoms with E-state index in [0.717, 1.165) is 0 Å². The summed E-state index contributed by atoms with van der Waals surface area (Å²) in [6.07, 6.45) is 7.09. The molecule has 0 spiro atoms. The molecule has 1 rings (SSSR count). The van der Waals surface area contributed by atoms with Gasteiger partial charge < -0.3 is 16.4 Å². The summed E-state index contributed by atoms with van der Waals surface area (Å²) < 4.78 is 0. The van der Waals surface area contributed by atoms with E-state index >= 15 is 0 Å². The van der Waals surface area contributed by atoms with Crippen molar-refractivity contribution in [3.63, 3.8) is 0 Å². The molecular weight excluding hydrogens is 154 g/mol. The van der Waals surface area contributed by atoms with Crippen molar-refractivity contribution in [1.29, 1.82) is 0 Å². The average Bonchev–Trinajstić information content (AvgIpc) is 2.06. The molecule has 1 aliphatic heterocycles. The molecule has 1 atom stereocenters. The molecule has 0 fully saturated rings. The minimum Gasteiger partial charge on any atom is -0.373 e. The number of hydrogen-bond donors (Lipinski definition) is 3. The van der Waals surface area contributed by atoms with Crippen LogP contribution in [0.5, 0.6) is 0 Å². The SMILES string of the molecule is CNCC1(C(N)=O)C=CC=CN1. The number of carbonyl (C=O) groups is 1. The molecule has 0 aromatic carbocycles. The average molecular weight is 167 g/mol. The van der Waals surface area contributed by atoms with E-state index in [9.17, 15) is 4.79 Å². The molecule has 0 radical (unpaired) electrons. The third-order valence-electron chi connectivity index (χ3n) is 1.82. The first-order valence-electron chi connectivity index (χ1n) is 3.78. The maximum Gasteiger partial charge on any atom is 0.248 e. The van der Waals surface area contributed by atoms with Crippen molar-refractivity contribution in [2.45, 2.75) is 5.54 Å². The number of likely N-dealkylation sites (N-methyl/N-ethyl adjacent to an activating group) is 1. The van der Waals surface area contributed by atoms with Crippen LogP contribution < -0.4 is 16.4 Å². The summed E-state index contributed by atoms with van der Waals surface area (Å²) in [5, 5.41) is 5.84. The minimum atomic E-state index is -0.760. The Bertz CT molecular complexity index is 234. The lowest BCUT2D eigenvalue weighted by atomic mass is 9.96. The van der Waals surface area contributed by atoms with Gasteiger partial charge in [-0.25, -0.2) is 0 Å². The summed E-state index contributed by atoms with van der Waals surface area (Å²) in [5.41, 5.74) is 4.50. The molecule has 1 heterocycles. The second-order valence-corrected chi connectivity index (χ2v) is 2.73. The van der Waals surface area contributed by atoms with Gasteiger partial charge in [-0.05, 0) is 25.4 Å². The molecule has 4 nitrogen and oxygen atoms in total. The molecule has 1 amide bonds. The second-order valence-electron chi connectivity index (χ2n) is 2.73. The molecule has 0 saturated carbocycles. The van der Waals surface area contributed by atoms with Crippen LogP contribution in [0.3, 0.4) is 0 Å². The largest absolute Gasteiger partial charge is 0.373 e. The van der Waals surface area contributed by atoms with Gasteiger partial charge in [0.2, 0.25) is 5.91 Å². The molecule has 1 unspecified atom stereocenters. The molecule has 0 bridgehead atoms. The van der Waals surface area contributed by atoms with E-state index in [-0.39, 0.29) is 5.91 Å². The molecule has 4 heteroatoms. The van der Waals surface area contributed by atoms with Crippen molar-refractivity contribution < 1.29 is 4.79 Å². The Kier molecular flexibility index (Phi) is 2.50. The molecule has 0 saturated heterocycles.